The average molecular weight is 368 g/mol. The minimum absolute atomic E-state index is 0.350. The van der Waals surface area contributed by atoms with E-state index < -0.39 is 5.83 Å². The number of thiazole rings is 1. The molecule has 1 aromatic carbocycles. The van der Waals surface area contributed by atoms with E-state index in [0.29, 0.717) is 17.3 Å². The van der Waals surface area contributed by atoms with Crippen LogP contribution in [0.5, 0.6) is 0 Å². The number of halogens is 1. The Kier molecular flexibility index (Phi) is 4.51. The van der Waals surface area contributed by atoms with Gasteiger partial charge in [-0.1, -0.05) is 55.0 Å². The molecule has 3 N–H and O–H groups in total. The van der Waals surface area contributed by atoms with Crippen LogP contribution in [-0.2, 0) is 0 Å². The average Bonchev–Trinajstić information content (AvgIpc) is 3.36. The van der Waals surface area contributed by atoms with Crippen molar-refractivity contribution < 1.29 is 4.39 Å². The molecular formula is C20H21FN4S. The van der Waals surface area contributed by atoms with Crippen molar-refractivity contribution in [3.8, 4) is 0 Å². The Morgan fingerprint density at radius 3 is 2.85 bits per heavy atom. The molecule has 0 spiro atoms. The normalized spacial score (nSPS) is 16.7. The molecule has 2 heterocycles. The third-order valence-electron chi connectivity index (χ3n) is 4.79. The third kappa shape index (κ3) is 2.80. The van der Waals surface area contributed by atoms with Gasteiger partial charge in [-0.15, -0.1) is 0 Å². The van der Waals surface area contributed by atoms with Crippen LogP contribution >= 0.6 is 11.3 Å². The lowest BCUT2D eigenvalue weighted by molar-refractivity contribution is 0.669. The van der Waals surface area contributed by atoms with Crippen molar-refractivity contribution in [2.24, 2.45) is 5.73 Å². The van der Waals surface area contributed by atoms with Gasteiger partial charge in [-0.25, -0.2) is 9.37 Å². The molecule has 0 radical (unpaired) electrons. The summed E-state index contributed by atoms with van der Waals surface area (Å²) in [5, 5.41) is 3.63. The van der Waals surface area contributed by atoms with Gasteiger partial charge >= 0.3 is 0 Å². The van der Waals surface area contributed by atoms with Crippen LogP contribution in [0, 0.1) is 0 Å². The number of allylic oxidation sites excluding steroid dienone is 4. The van der Waals surface area contributed by atoms with Crippen LogP contribution < -0.4 is 11.1 Å². The Bertz CT molecular complexity index is 1020. The molecule has 0 saturated heterocycles. The Labute approximate surface area is 155 Å². The summed E-state index contributed by atoms with van der Waals surface area (Å²) in [7, 11) is 0. The van der Waals surface area contributed by atoms with Crippen LogP contribution in [0.2, 0.25) is 0 Å². The maximum atomic E-state index is 14.5. The number of nitrogens with one attached hydrogen (secondary N) is 1. The van der Waals surface area contributed by atoms with Crippen LogP contribution in [0.1, 0.15) is 31.4 Å². The molecule has 3 aromatic rings. The number of anilines is 1. The fraction of sp³-hybridized carbons (Fsp3) is 0.250. The maximum absolute atomic E-state index is 14.5. The topological polar surface area (TPSA) is 55.3 Å². The summed E-state index contributed by atoms with van der Waals surface area (Å²) in [5.74, 6) is 0.323. The van der Waals surface area contributed by atoms with Crippen molar-refractivity contribution in [1.29, 1.82) is 0 Å². The third-order valence-corrected chi connectivity index (χ3v) is 5.81. The lowest BCUT2D eigenvalue weighted by Gasteiger charge is -2.15. The summed E-state index contributed by atoms with van der Waals surface area (Å²) in [6.07, 6.45) is 8.81. The van der Waals surface area contributed by atoms with Crippen LogP contribution in [-0.4, -0.2) is 15.4 Å². The number of nitrogens with zero attached hydrogens (tertiary/aromatic N) is 2. The van der Waals surface area contributed by atoms with Crippen molar-refractivity contribution in [3.05, 3.63) is 60.7 Å². The maximum Gasteiger partial charge on any atom is 0.197 e. The zero-order valence-electron chi connectivity index (χ0n) is 14.4. The highest BCUT2D eigenvalue weighted by molar-refractivity contribution is 7.23. The quantitative estimate of drug-likeness (QED) is 0.605. The number of nitrogens with two attached hydrogens (primary N) is 1. The van der Waals surface area contributed by atoms with Gasteiger partial charge in [0.1, 0.15) is 17.3 Å². The van der Waals surface area contributed by atoms with Crippen LogP contribution in [0.4, 0.5) is 10.2 Å². The number of hydrogen-bond acceptors (Lipinski definition) is 4. The summed E-state index contributed by atoms with van der Waals surface area (Å²) >= 11 is 1.60. The van der Waals surface area contributed by atoms with Crippen molar-refractivity contribution >= 4 is 37.9 Å². The summed E-state index contributed by atoms with van der Waals surface area (Å²) < 4.78 is 17.7. The lowest BCUT2D eigenvalue weighted by atomic mass is 10.1. The molecule has 6 heteroatoms. The lowest BCUT2D eigenvalue weighted by Crippen LogP contribution is -2.17. The standard InChI is InChI=1S/C20H21FN4S/c1-2-7-14(15(21)12-22)18-19(23-13-8-3-4-9-13)25-16-10-5-6-11-17(16)26-20(25)24-18/h2,5-7,10-13,23H,1,3-4,8-9,22H2/b14-7+,15-12+. The Hall–Kier alpha value is -2.60. The van der Waals surface area contributed by atoms with Gasteiger partial charge in [-0.3, -0.25) is 4.40 Å². The number of para-hydroxylation sites is 1. The molecule has 2 aromatic heterocycles. The van der Waals surface area contributed by atoms with Gasteiger partial charge in [0.15, 0.2) is 4.96 Å². The number of benzene rings is 1. The minimum Gasteiger partial charge on any atom is -0.402 e. The zero-order valence-corrected chi connectivity index (χ0v) is 15.2. The van der Waals surface area contributed by atoms with E-state index >= 15 is 0 Å². The molecule has 0 bridgehead atoms. The fourth-order valence-electron chi connectivity index (χ4n) is 3.58. The molecule has 0 atom stereocenters. The summed E-state index contributed by atoms with van der Waals surface area (Å²) in [4.78, 5) is 5.58. The van der Waals surface area contributed by atoms with Crippen LogP contribution in [0.15, 0.2) is 55.0 Å². The predicted molar refractivity (Wildman–Crippen MR) is 108 cm³/mol. The van der Waals surface area contributed by atoms with Crippen molar-refractivity contribution in [2.75, 3.05) is 5.32 Å². The Morgan fingerprint density at radius 2 is 2.12 bits per heavy atom. The monoisotopic (exact) mass is 368 g/mol. The van der Waals surface area contributed by atoms with E-state index in [2.05, 4.69) is 28.4 Å². The molecule has 0 aliphatic heterocycles. The largest absolute Gasteiger partial charge is 0.402 e. The van der Waals surface area contributed by atoms with Gasteiger partial charge in [-0.2, -0.15) is 0 Å². The smallest absolute Gasteiger partial charge is 0.197 e. The Balaban J connectivity index is 1.96. The molecular weight excluding hydrogens is 347 g/mol. The van der Waals surface area contributed by atoms with Gasteiger partial charge < -0.3 is 11.1 Å². The first-order chi connectivity index (χ1) is 12.7. The first kappa shape index (κ1) is 16.8. The summed E-state index contributed by atoms with van der Waals surface area (Å²) in [6.45, 7) is 3.70. The van der Waals surface area contributed by atoms with E-state index in [1.165, 1.54) is 12.8 Å². The van der Waals surface area contributed by atoms with Crippen molar-refractivity contribution in [1.82, 2.24) is 9.38 Å². The first-order valence-electron chi connectivity index (χ1n) is 8.80. The highest BCUT2D eigenvalue weighted by Crippen LogP contribution is 2.37. The number of imidazole rings is 1. The SMILES string of the molecule is C=C/C=C(\C(F)=C/N)c1nc2sc3ccccc3n2c1NC1CCCC1. The zero-order chi connectivity index (χ0) is 18.1. The second kappa shape index (κ2) is 6.96. The molecule has 4 rings (SSSR count). The second-order valence-corrected chi connectivity index (χ2v) is 7.46. The van der Waals surface area contributed by atoms with Crippen molar-refractivity contribution in [2.45, 2.75) is 31.7 Å². The second-order valence-electron chi connectivity index (χ2n) is 6.45. The van der Waals surface area contributed by atoms with Gasteiger partial charge in [0.05, 0.1) is 10.2 Å². The molecule has 134 valence electrons. The summed E-state index contributed by atoms with van der Waals surface area (Å²) in [5.41, 5.74) is 7.45. The first-order valence-corrected chi connectivity index (χ1v) is 9.62. The van der Waals surface area contributed by atoms with E-state index in [9.17, 15) is 4.39 Å². The van der Waals surface area contributed by atoms with E-state index in [0.717, 1.165) is 40.0 Å². The van der Waals surface area contributed by atoms with E-state index in [-0.39, 0.29) is 0 Å². The molecule has 26 heavy (non-hydrogen) atoms. The highest BCUT2D eigenvalue weighted by Gasteiger charge is 2.24. The molecule has 1 fully saturated rings. The van der Waals surface area contributed by atoms with Gasteiger partial charge in [-0.05, 0) is 25.0 Å². The number of aromatic nitrogens is 2. The van der Waals surface area contributed by atoms with E-state index in [1.807, 2.05) is 12.1 Å². The molecule has 0 amide bonds. The van der Waals surface area contributed by atoms with Crippen molar-refractivity contribution in [3.63, 3.8) is 0 Å². The van der Waals surface area contributed by atoms with Gasteiger partial charge in [0.25, 0.3) is 0 Å². The van der Waals surface area contributed by atoms with Crippen LogP contribution in [0.3, 0.4) is 0 Å². The van der Waals surface area contributed by atoms with E-state index in [4.69, 9.17) is 10.7 Å². The summed E-state index contributed by atoms with van der Waals surface area (Å²) in [6, 6.07) is 8.55. The molecule has 1 aliphatic rings. The van der Waals surface area contributed by atoms with Gasteiger partial charge in [0.2, 0.25) is 0 Å². The van der Waals surface area contributed by atoms with Gasteiger partial charge in [0, 0.05) is 17.8 Å². The van der Waals surface area contributed by atoms with E-state index in [1.54, 1.807) is 23.5 Å². The predicted octanol–water partition coefficient (Wildman–Crippen LogP) is 5.24. The highest BCUT2D eigenvalue weighted by atomic mass is 32.1. The molecule has 1 aliphatic carbocycles. The molecule has 1 saturated carbocycles. The van der Waals surface area contributed by atoms with Crippen LogP contribution in [0.25, 0.3) is 20.8 Å². The Morgan fingerprint density at radius 1 is 1.35 bits per heavy atom. The molecule has 0 unspecified atom stereocenters. The number of hydrogen-bond donors (Lipinski definition) is 2. The minimum atomic E-state index is -0.505. The number of rotatable bonds is 5. The number of fused-ring (bicyclic) bond motifs is 3. The molecule has 4 nitrogen and oxygen atoms in total. The fourth-order valence-corrected chi connectivity index (χ4v) is 4.61.